The van der Waals surface area contributed by atoms with Crippen molar-refractivity contribution in [3.05, 3.63) is 59.8 Å². The Balaban J connectivity index is 1.72. The SMILES string of the molecule is CCOC(=O)c1cc2cc3c(cc2[nH]1)N(Cc1ccccc1)CC(C(=O)OCC)O3. The van der Waals surface area contributed by atoms with Crippen molar-refractivity contribution in [3.8, 4) is 5.75 Å². The normalized spacial score (nSPS) is 15.4. The van der Waals surface area contributed by atoms with Crippen LogP contribution in [0.15, 0.2) is 48.5 Å². The average molecular weight is 408 g/mol. The Bertz CT molecular complexity index is 1060. The van der Waals surface area contributed by atoms with E-state index in [0.29, 0.717) is 37.7 Å². The average Bonchev–Trinajstić information content (AvgIpc) is 3.16. The molecule has 0 saturated carbocycles. The molecule has 0 saturated heterocycles. The van der Waals surface area contributed by atoms with Crippen molar-refractivity contribution in [2.24, 2.45) is 0 Å². The topological polar surface area (TPSA) is 80.9 Å². The molecule has 1 aliphatic rings. The molecule has 1 unspecified atom stereocenters. The first kappa shape index (κ1) is 19.8. The molecule has 0 bridgehead atoms. The number of esters is 2. The molecule has 1 N–H and O–H groups in total. The Kier molecular flexibility index (Phi) is 5.61. The summed E-state index contributed by atoms with van der Waals surface area (Å²) in [4.78, 5) is 29.7. The van der Waals surface area contributed by atoms with Crippen molar-refractivity contribution in [2.75, 3.05) is 24.7 Å². The van der Waals surface area contributed by atoms with Gasteiger partial charge in [0.25, 0.3) is 0 Å². The van der Waals surface area contributed by atoms with E-state index in [4.69, 9.17) is 14.2 Å². The number of benzene rings is 2. The lowest BCUT2D eigenvalue weighted by atomic mass is 10.1. The van der Waals surface area contributed by atoms with Crippen LogP contribution in [0.3, 0.4) is 0 Å². The van der Waals surface area contributed by atoms with Crippen molar-refractivity contribution in [1.82, 2.24) is 4.98 Å². The van der Waals surface area contributed by atoms with Crippen LogP contribution in [0.4, 0.5) is 5.69 Å². The van der Waals surface area contributed by atoms with Crippen LogP contribution >= 0.6 is 0 Å². The molecule has 7 nitrogen and oxygen atoms in total. The first-order valence-corrected chi connectivity index (χ1v) is 10.0. The molecule has 2 heterocycles. The minimum Gasteiger partial charge on any atom is -0.475 e. The number of hydrogen-bond donors (Lipinski definition) is 1. The van der Waals surface area contributed by atoms with Gasteiger partial charge in [-0.2, -0.15) is 0 Å². The molecule has 1 aromatic heterocycles. The summed E-state index contributed by atoms with van der Waals surface area (Å²) in [5, 5.41) is 0.806. The zero-order valence-corrected chi connectivity index (χ0v) is 17.0. The summed E-state index contributed by atoms with van der Waals surface area (Å²) in [5.41, 5.74) is 3.15. The third-order valence-electron chi connectivity index (χ3n) is 4.96. The van der Waals surface area contributed by atoms with Gasteiger partial charge >= 0.3 is 11.9 Å². The fourth-order valence-corrected chi connectivity index (χ4v) is 3.61. The van der Waals surface area contributed by atoms with Crippen molar-refractivity contribution in [3.63, 3.8) is 0 Å². The van der Waals surface area contributed by atoms with Crippen LogP contribution in [0, 0.1) is 0 Å². The van der Waals surface area contributed by atoms with Crippen LogP contribution in [-0.2, 0) is 20.8 Å². The van der Waals surface area contributed by atoms with Crippen molar-refractivity contribution in [1.29, 1.82) is 0 Å². The van der Waals surface area contributed by atoms with Gasteiger partial charge in [-0.1, -0.05) is 30.3 Å². The predicted octanol–water partition coefficient (Wildman–Crippen LogP) is 3.68. The second-order valence-corrected chi connectivity index (χ2v) is 7.04. The summed E-state index contributed by atoms with van der Waals surface area (Å²) in [6.45, 7) is 5.13. The highest BCUT2D eigenvalue weighted by Gasteiger charge is 2.32. The van der Waals surface area contributed by atoms with Crippen LogP contribution in [-0.4, -0.2) is 42.8 Å². The van der Waals surface area contributed by atoms with Crippen LogP contribution in [0.5, 0.6) is 5.75 Å². The highest BCUT2D eigenvalue weighted by Crippen LogP contribution is 2.38. The second-order valence-electron chi connectivity index (χ2n) is 7.04. The monoisotopic (exact) mass is 408 g/mol. The molecule has 0 spiro atoms. The van der Waals surface area contributed by atoms with E-state index in [2.05, 4.69) is 9.88 Å². The van der Waals surface area contributed by atoms with E-state index >= 15 is 0 Å². The second kappa shape index (κ2) is 8.49. The van der Waals surface area contributed by atoms with Gasteiger partial charge < -0.3 is 24.1 Å². The maximum absolute atomic E-state index is 12.4. The van der Waals surface area contributed by atoms with Crippen molar-refractivity contribution >= 4 is 28.5 Å². The first-order chi connectivity index (χ1) is 14.6. The zero-order valence-electron chi connectivity index (χ0n) is 17.0. The summed E-state index contributed by atoms with van der Waals surface area (Å²) in [7, 11) is 0. The number of aromatic amines is 1. The number of carbonyl (C=O) groups is 2. The third kappa shape index (κ3) is 3.96. The number of rotatable bonds is 6. The first-order valence-electron chi connectivity index (χ1n) is 10.0. The number of hydrogen-bond acceptors (Lipinski definition) is 6. The summed E-state index contributed by atoms with van der Waals surface area (Å²) < 4.78 is 16.3. The molecule has 4 rings (SSSR count). The largest absolute Gasteiger partial charge is 0.475 e. The lowest BCUT2D eigenvalue weighted by Crippen LogP contribution is -2.45. The third-order valence-corrected chi connectivity index (χ3v) is 4.96. The van der Waals surface area contributed by atoms with E-state index < -0.39 is 12.1 Å². The predicted molar refractivity (Wildman–Crippen MR) is 113 cm³/mol. The summed E-state index contributed by atoms with van der Waals surface area (Å²) in [6.07, 6.45) is -0.720. The van der Waals surface area contributed by atoms with Gasteiger partial charge in [0.1, 0.15) is 11.4 Å². The fraction of sp³-hybridized carbons (Fsp3) is 0.304. The van der Waals surface area contributed by atoms with E-state index in [-0.39, 0.29) is 5.97 Å². The minimum atomic E-state index is -0.720. The van der Waals surface area contributed by atoms with E-state index in [1.54, 1.807) is 19.9 Å². The molecular weight excluding hydrogens is 384 g/mol. The molecule has 0 aliphatic carbocycles. The highest BCUT2D eigenvalue weighted by molar-refractivity contribution is 5.97. The van der Waals surface area contributed by atoms with Gasteiger partial charge in [-0.05, 0) is 37.6 Å². The van der Waals surface area contributed by atoms with Gasteiger partial charge in [0.05, 0.1) is 25.4 Å². The molecule has 0 radical (unpaired) electrons. The number of nitrogens with one attached hydrogen (secondary N) is 1. The van der Waals surface area contributed by atoms with E-state index in [1.807, 2.05) is 42.5 Å². The number of H-pyrrole nitrogens is 1. The maximum Gasteiger partial charge on any atom is 0.354 e. The van der Waals surface area contributed by atoms with Gasteiger partial charge in [-0.25, -0.2) is 9.59 Å². The molecule has 7 heteroatoms. The number of nitrogens with zero attached hydrogens (tertiary/aromatic N) is 1. The molecule has 1 atom stereocenters. The van der Waals surface area contributed by atoms with Crippen LogP contribution in [0.25, 0.3) is 10.9 Å². The number of ether oxygens (including phenoxy) is 3. The number of anilines is 1. The van der Waals surface area contributed by atoms with Gasteiger partial charge in [-0.15, -0.1) is 0 Å². The minimum absolute atomic E-state index is 0.296. The highest BCUT2D eigenvalue weighted by atomic mass is 16.6. The van der Waals surface area contributed by atoms with E-state index in [0.717, 1.165) is 22.2 Å². The van der Waals surface area contributed by atoms with Crippen LogP contribution < -0.4 is 9.64 Å². The molecule has 0 fully saturated rings. The quantitative estimate of drug-likeness (QED) is 0.627. The number of fused-ring (bicyclic) bond motifs is 2. The van der Waals surface area contributed by atoms with Gasteiger partial charge in [0.15, 0.2) is 0 Å². The Morgan fingerprint density at radius 2 is 1.87 bits per heavy atom. The number of carbonyl (C=O) groups excluding carboxylic acids is 2. The Labute approximate surface area is 174 Å². The molecule has 30 heavy (non-hydrogen) atoms. The Morgan fingerprint density at radius 1 is 1.10 bits per heavy atom. The van der Waals surface area contributed by atoms with Gasteiger partial charge in [0.2, 0.25) is 6.10 Å². The molecule has 3 aromatic rings. The van der Waals surface area contributed by atoms with Crippen LogP contribution in [0.1, 0.15) is 29.9 Å². The molecule has 0 amide bonds. The van der Waals surface area contributed by atoms with Crippen molar-refractivity contribution < 1.29 is 23.8 Å². The summed E-state index contributed by atoms with van der Waals surface area (Å²) >= 11 is 0. The maximum atomic E-state index is 12.4. The molecule has 156 valence electrons. The van der Waals surface area contributed by atoms with Gasteiger partial charge in [-0.3, -0.25) is 0 Å². The molecule has 1 aliphatic heterocycles. The van der Waals surface area contributed by atoms with Gasteiger partial charge in [0, 0.05) is 17.4 Å². The number of aromatic nitrogens is 1. The lowest BCUT2D eigenvalue weighted by molar-refractivity contribution is -0.151. The van der Waals surface area contributed by atoms with Crippen molar-refractivity contribution in [2.45, 2.75) is 26.5 Å². The summed E-state index contributed by atoms with van der Waals surface area (Å²) in [5.74, 6) is -0.210. The Hall–Kier alpha value is -3.48. The zero-order chi connectivity index (χ0) is 21.1. The standard InChI is InChI=1S/C23H24N2O5/c1-3-28-22(26)18-10-16-11-20-19(12-17(16)24-18)25(13-15-8-6-5-7-9-15)14-21(30-20)23(27)29-4-2/h5-12,21,24H,3-4,13-14H2,1-2H3. The smallest absolute Gasteiger partial charge is 0.354 e. The van der Waals surface area contributed by atoms with E-state index in [1.165, 1.54) is 0 Å². The lowest BCUT2D eigenvalue weighted by Gasteiger charge is -2.35. The summed E-state index contributed by atoms with van der Waals surface area (Å²) in [6, 6.07) is 15.5. The molecular formula is C23H24N2O5. The van der Waals surface area contributed by atoms with E-state index in [9.17, 15) is 9.59 Å². The molecule has 2 aromatic carbocycles. The fourth-order valence-electron chi connectivity index (χ4n) is 3.61. The van der Waals surface area contributed by atoms with Crippen LogP contribution in [0.2, 0.25) is 0 Å². The Morgan fingerprint density at radius 3 is 2.60 bits per heavy atom.